The number of anilines is 2. The quantitative estimate of drug-likeness (QED) is 0.383. The van der Waals surface area contributed by atoms with Crippen molar-refractivity contribution in [2.45, 2.75) is 63.8 Å². The van der Waals surface area contributed by atoms with Gasteiger partial charge in [-0.05, 0) is 50.7 Å². The molecule has 206 valence electrons. The molecule has 1 amide bonds. The lowest BCUT2D eigenvalue weighted by Gasteiger charge is -2.32. The zero-order valence-corrected chi connectivity index (χ0v) is 21.0. The normalized spacial score (nSPS) is 20.9. The van der Waals surface area contributed by atoms with Crippen molar-refractivity contribution < 1.29 is 31.9 Å². The van der Waals surface area contributed by atoms with Gasteiger partial charge in [0.1, 0.15) is 17.9 Å². The van der Waals surface area contributed by atoms with Crippen LogP contribution in [0.15, 0.2) is 12.1 Å². The number of hydrogen-bond donors (Lipinski definition) is 2. The molecular weight excluding hydrogens is 510 g/mol. The molecule has 1 aliphatic heterocycles. The highest BCUT2D eigenvalue weighted by atomic mass is 19.4. The molecule has 0 radical (unpaired) electrons. The van der Waals surface area contributed by atoms with E-state index in [4.69, 9.17) is 10.5 Å². The maximum Gasteiger partial charge on any atom is 0.408 e. The number of ketones is 1. The van der Waals surface area contributed by atoms with Crippen LogP contribution in [0.4, 0.5) is 29.2 Å². The second kappa shape index (κ2) is 11.0. The van der Waals surface area contributed by atoms with Crippen LogP contribution in [0.2, 0.25) is 0 Å². The van der Waals surface area contributed by atoms with Crippen LogP contribution in [-0.4, -0.2) is 69.7 Å². The summed E-state index contributed by atoms with van der Waals surface area (Å²) in [5.74, 6) is -1.76. The van der Waals surface area contributed by atoms with Gasteiger partial charge in [-0.25, -0.2) is 9.37 Å². The maximum absolute atomic E-state index is 13.1. The number of pyridine rings is 1. The standard InChI is InChI=1S/C24H29F4N7O3/c1-12(36)19-17(29)3-4-18(31-19)15-5-7-35(8-6-15)22-32-20(21(37)30-13(2)24(26,27)28)33-23(34-22)38-11-14-9-16(25)10-14/h3-4,13-16H,5-11,29H2,1-2H3,(H,30,37)/t13-,14-,16-/m0/s1. The van der Waals surface area contributed by atoms with E-state index >= 15 is 0 Å². The van der Waals surface area contributed by atoms with Crippen LogP contribution in [-0.2, 0) is 0 Å². The Morgan fingerprint density at radius 1 is 1.16 bits per heavy atom. The lowest BCUT2D eigenvalue weighted by atomic mass is 9.84. The van der Waals surface area contributed by atoms with Gasteiger partial charge >= 0.3 is 12.2 Å². The van der Waals surface area contributed by atoms with Gasteiger partial charge in [0.2, 0.25) is 11.8 Å². The van der Waals surface area contributed by atoms with Crippen LogP contribution in [0.3, 0.4) is 0 Å². The second-order valence-corrected chi connectivity index (χ2v) is 9.72. The van der Waals surface area contributed by atoms with E-state index in [1.165, 1.54) is 6.92 Å². The van der Waals surface area contributed by atoms with Gasteiger partial charge in [-0.15, -0.1) is 0 Å². The topological polar surface area (TPSA) is 136 Å². The van der Waals surface area contributed by atoms with E-state index < -0.39 is 30.1 Å². The predicted octanol–water partition coefficient (Wildman–Crippen LogP) is 3.24. The summed E-state index contributed by atoms with van der Waals surface area (Å²) < 4.78 is 57.6. The summed E-state index contributed by atoms with van der Waals surface area (Å²) >= 11 is 0. The monoisotopic (exact) mass is 539 g/mol. The molecule has 2 aromatic heterocycles. The van der Waals surface area contributed by atoms with E-state index in [1.807, 2.05) is 5.32 Å². The predicted molar refractivity (Wildman–Crippen MR) is 129 cm³/mol. The first kappa shape index (κ1) is 27.5. The number of nitrogens with zero attached hydrogens (tertiary/aromatic N) is 5. The van der Waals surface area contributed by atoms with Crippen LogP contribution >= 0.6 is 0 Å². The number of carbonyl (C=O) groups is 2. The SMILES string of the molecule is CC(=O)c1nc(C2CCN(c3nc(OC[C@H]4C[C@H](F)C4)nc(C(=O)N[C@@H](C)C(F)(F)F)n3)CC2)ccc1N. The summed E-state index contributed by atoms with van der Waals surface area (Å²) in [7, 11) is 0. The molecule has 2 aliphatic rings. The lowest BCUT2D eigenvalue weighted by molar-refractivity contribution is -0.149. The number of nitrogens with one attached hydrogen (secondary N) is 1. The molecule has 4 rings (SSSR count). The van der Waals surface area contributed by atoms with Gasteiger partial charge < -0.3 is 20.7 Å². The minimum atomic E-state index is -4.64. The number of nitrogen functional groups attached to an aromatic ring is 1. The number of carbonyl (C=O) groups excluding carboxylic acids is 2. The lowest BCUT2D eigenvalue weighted by Crippen LogP contribution is -2.44. The number of nitrogens with two attached hydrogens (primary N) is 1. The molecule has 0 aromatic carbocycles. The summed E-state index contributed by atoms with van der Waals surface area (Å²) in [4.78, 5) is 42.9. The third-order valence-electron chi connectivity index (χ3n) is 6.75. The Kier molecular flexibility index (Phi) is 7.97. The number of ether oxygens (including phenoxy) is 1. The molecule has 1 atom stereocenters. The molecule has 38 heavy (non-hydrogen) atoms. The van der Waals surface area contributed by atoms with Crippen molar-refractivity contribution in [3.05, 3.63) is 29.3 Å². The first-order valence-corrected chi connectivity index (χ1v) is 12.3. The Labute approximate surface area is 216 Å². The third-order valence-corrected chi connectivity index (χ3v) is 6.75. The number of hydrogen-bond acceptors (Lipinski definition) is 9. The average molecular weight is 540 g/mol. The van der Waals surface area contributed by atoms with Crippen LogP contribution < -0.4 is 20.7 Å². The molecular formula is C24H29F4N7O3. The second-order valence-electron chi connectivity index (χ2n) is 9.72. The van der Waals surface area contributed by atoms with Crippen molar-refractivity contribution in [2.24, 2.45) is 5.92 Å². The van der Waals surface area contributed by atoms with Gasteiger partial charge in [0.25, 0.3) is 5.91 Å². The molecule has 0 bridgehead atoms. The molecule has 1 saturated heterocycles. The average Bonchev–Trinajstić information content (AvgIpc) is 2.85. The Balaban J connectivity index is 1.50. The van der Waals surface area contributed by atoms with Gasteiger partial charge in [-0.3, -0.25) is 9.59 Å². The summed E-state index contributed by atoms with van der Waals surface area (Å²) in [5, 5.41) is 1.85. The minimum Gasteiger partial charge on any atom is -0.463 e. The molecule has 1 aliphatic carbocycles. The Morgan fingerprint density at radius 2 is 1.84 bits per heavy atom. The molecule has 3 N–H and O–H groups in total. The Morgan fingerprint density at radius 3 is 2.45 bits per heavy atom. The van der Waals surface area contributed by atoms with Crippen molar-refractivity contribution in [3.63, 3.8) is 0 Å². The van der Waals surface area contributed by atoms with E-state index in [0.717, 1.165) is 12.6 Å². The van der Waals surface area contributed by atoms with Gasteiger partial charge in [0, 0.05) is 31.6 Å². The first-order chi connectivity index (χ1) is 17.9. The van der Waals surface area contributed by atoms with Crippen LogP contribution in [0.25, 0.3) is 0 Å². The van der Waals surface area contributed by atoms with E-state index in [9.17, 15) is 27.2 Å². The number of amides is 1. The maximum atomic E-state index is 13.1. The molecule has 3 heterocycles. The summed E-state index contributed by atoms with van der Waals surface area (Å²) in [6, 6.07) is 1.11. The zero-order chi connectivity index (χ0) is 27.6. The molecule has 0 unspecified atom stereocenters. The van der Waals surface area contributed by atoms with E-state index in [1.54, 1.807) is 17.0 Å². The van der Waals surface area contributed by atoms with Crippen molar-refractivity contribution in [2.75, 3.05) is 30.3 Å². The number of Topliss-reactive ketones (excluding diaryl/α,β-unsaturated/α-hetero) is 1. The number of rotatable bonds is 8. The van der Waals surface area contributed by atoms with Crippen LogP contribution in [0, 0.1) is 5.92 Å². The molecule has 2 fully saturated rings. The van der Waals surface area contributed by atoms with Crippen LogP contribution in [0.1, 0.15) is 72.3 Å². The highest BCUT2D eigenvalue weighted by Crippen LogP contribution is 2.32. The summed E-state index contributed by atoms with van der Waals surface area (Å²) in [6.45, 7) is 3.22. The summed E-state index contributed by atoms with van der Waals surface area (Å²) in [5.41, 5.74) is 7.11. The summed E-state index contributed by atoms with van der Waals surface area (Å²) in [6.07, 6.45) is -3.62. The molecule has 14 heteroatoms. The highest BCUT2D eigenvalue weighted by molar-refractivity contribution is 5.97. The van der Waals surface area contributed by atoms with E-state index in [-0.39, 0.29) is 41.9 Å². The Bertz CT molecular complexity index is 1180. The molecule has 2 aromatic rings. The fourth-order valence-corrected chi connectivity index (χ4v) is 4.35. The Hall–Kier alpha value is -3.58. The fraction of sp³-hybridized carbons (Fsp3) is 0.583. The first-order valence-electron chi connectivity index (χ1n) is 12.3. The van der Waals surface area contributed by atoms with Crippen molar-refractivity contribution in [1.82, 2.24) is 25.3 Å². The number of piperidine rings is 1. The van der Waals surface area contributed by atoms with Crippen LogP contribution in [0.5, 0.6) is 6.01 Å². The zero-order valence-electron chi connectivity index (χ0n) is 21.0. The van der Waals surface area contributed by atoms with Gasteiger partial charge in [-0.1, -0.05) is 0 Å². The molecule has 0 spiro atoms. The number of alkyl halides is 4. The molecule has 1 saturated carbocycles. The van der Waals surface area contributed by atoms with Crippen molar-refractivity contribution in [3.8, 4) is 6.01 Å². The number of aromatic nitrogens is 4. The van der Waals surface area contributed by atoms with Gasteiger partial charge in [-0.2, -0.15) is 28.1 Å². The number of halogens is 4. The van der Waals surface area contributed by atoms with Gasteiger partial charge in [0.15, 0.2) is 5.78 Å². The van der Waals surface area contributed by atoms with E-state index in [0.29, 0.717) is 44.5 Å². The van der Waals surface area contributed by atoms with Crippen molar-refractivity contribution >= 4 is 23.3 Å². The smallest absolute Gasteiger partial charge is 0.408 e. The molecule has 10 nitrogen and oxygen atoms in total. The van der Waals surface area contributed by atoms with Crippen molar-refractivity contribution in [1.29, 1.82) is 0 Å². The van der Waals surface area contributed by atoms with E-state index in [2.05, 4.69) is 19.9 Å². The fourth-order valence-electron chi connectivity index (χ4n) is 4.35. The van der Waals surface area contributed by atoms with Gasteiger partial charge in [0.05, 0.1) is 12.3 Å². The largest absolute Gasteiger partial charge is 0.463 e. The minimum absolute atomic E-state index is 0.0317. The highest BCUT2D eigenvalue weighted by Gasteiger charge is 2.38. The third kappa shape index (κ3) is 6.45.